The first-order chi connectivity index (χ1) is 11.5. The van der Waals surface area contributed by atoms with Gasteiger partial charge in [-0.1, -0.05) is 0 Å². The van der Waals surface area contributed by atoms with Gasteiger partial charge in [0.15, 0.2) is 11.5 Å². The molecule has 2 aromatic heterocycles. The Bertz CT molecular complexity index is 737. The molecule has 2 atom stereocenters. The molecule has 1 amide bonds. The molecule has 1 aliphatic rings. The summed E-state index contributed by atoms with van der Waals surface area (Å²) in [4.78, 5) is 15.9. The van der Waals surface area contributed by atoms with Crippen LogP contribution in [0.25, 0.3) is 0 Å². The summed E-state index contributed by atoms with van der Waals surface area (Å²) in [6.45, 7) is 2.95. The molecule has 6 N–H and O–H groups in total. The Labute approximate surface area is 142 Å². The standard InChI is InChI=1S/C13H18N8O2S/c1-6-4-9(24-21-6)17-12-10(11(15)22)19-20-13(18-12)16-8-2-3-23-5-7(8)14/h4,7-8H,2-3,5,14H2,1H3,(H2,15,22)(H2,16,17,18,20)/t7-,8+/m0/s1. The van der Waals surface area contributed by atoms with Gasteiger partial charge in [-0.2, -0.15) is 9.36 Å². The Hall–Kier alpha value is -2.37. The van der Waals surface area contributed by atoms with Gasteiger partial charge in [-0.3, -0.25) is 4.79 Å². The lowest BCUT2D eigenvalue weighted by atomic mass is 10.1. The summed E-state index contributed by atoms with van der Waals surface area (Å²) in [6, 6.07) is 1.64. The minimum absolute atomic E-state index is 0.0292. The zero-order valence-electron chi connectivity index (χ0n) is 13.0. The molecule has 1 saturated heterocycles. The van der Waals surface area contributed by atoms with E-state index in [9.17, 15) is 4.79 Å². The average molecular weight is 350 g/mol. The second-order valence-corrected chi connectivity index (χ2v) is 6.24. The maximum absolute atomic E-state index is 11.5. The predicted molar refractivity (Wildman–Crippen MR) is 89.3 cm³/mol. The van der Waals surface area contributed by atoms with Crippen molar-refractivity contribution in [2.45, 2.75) is 25.4 Å². The maximum Gasteiger partial charge on any atom is 0.273 e. The smallest absolute Gasteiger partial charge is 0.273 e. The summed E-state index contributed by atoms with van der Waals surface area (Å²) in [5, 5.41) is 14.7. The monoisotopic (exact) mass is 350 g/mol. The number of carbonyl (C=O) groups is 1. The van der Waals surface area contributed by atoms with Crippen LogP contribution in [0.1, 0.15) is 22.6 Å². The lowest BCUT2D eigenvalue weighted by Gasteiger charge is -2.29. The zero-order valence-corrected chi connectivity index (χ0v) is 13.8. The van der Waals surface area contributed by atoms with E-state index in [1.54, 1.807) is 0 Å². The number of aryl methyl sites for hydroxylation is 1. The van der Waals surface area contributed by atoms with Gasteiger partial charge in [-0.15, -0.1) is 10.2 Å². The van der Waals surface area contributed by atoms with Crippen LogP contribution in [-0.2, 0) is 4.74 Å². The fourth-order valence-electron chi connectivity index (χ4n) is 2.28. The Morgan fingerprint density at radius 2 is 2.29 bits per heavy atom. The quantitative estimate of drug-likeness (QED) is 0.583. The number of carbonyl (C=O) groups excluding carboxylic acids is 1. The highest BCUT2D eigenvalue weighted by atomic mass is 32.1. The number of hydrogen-bond donors (Lipinski definition) is 4. The number of aromatic nitrogens is 4. The molecule has 0 unspecified atom stereocenters. The third-order valence-electron chi connectivity index (χ3n) is 3.50. The average Bonchev–Trinajstić information content (AvgIpc) is 2.94. The molecular weight excluding hydrogens is 332 g/mol. The van der Waals surface area contributed by atoms with Gasteiger partial charge in [0, 0.05) is 18.7 Å². The van der Waals surface area contributed by atoms with Crippen LogP contribution in [-0.4, -0.2) is 50.8 Å². The second-order valence-electron chi connectivity index (χ2n) is 5.43. The van der Waals surface area contributed by atoms with Crippen molar-refractivity contribution < 1.29 is 9.53 Å². The maximum atomic E-state index is 11.5. The van der Waals surface area contributed by atoms with Crippen molar-refractivity contribution in [2.75, 3.05) is 23.8 Å². The van der Waals surface area contributed by atoms with Crippen LogP contribution < -0.4 is 22.1 Å². The summed E-state index contributed by atoms with van der Waals surface area (Å²) in [5.41, 5.74) is 12.2. The first-order valence-electron chi connectivity index (χ1n) is 7.37. The van der Waals surface area contributed by atoms with E-state index in [0.29, 0.717) is 13.2 Å². The van der Waals surface area contributed by atoms with E-state index < -0.39 is 5.91 Å². The topological polar surface area (TPSA) is 154 Å². The minimum Gasteiger partial charge on any atom is -0.380 e. The van der Waals surface area contributed by atoms with Crippen molar-refractivity contribution in [1.82, 2.24) is 19.6 Å². The number of ether oxygens (including phenoxy) is 1. The molecule has 10 nitrogen and oxygen atoms in total. The number of nitrogens with one attached hydrogen (secondary N) is 2. The lowest BCUT2D eigenvalue weighted by Crippen LogP contribution is -2.48. The third kappa shape index (κ3) is 3.75. The molecule has 0 spiro atoms. The summed E-state index contributed by atoms with van der Waals surface area (Å²) < 4.78 is 9.47. The van der Waals surface area contributed by atoms with E-state index in [2.05, 4.69) is 30.2 Å². The Balaban J connectivity index is 1.83. The Morgan fingerprint density at radius 1 is 1.46 bits per heavy atom. The number of nitrogens with zero attached hydrogens (tertiary/aromatic N) is 4. The molecule has 128 valence electrons. The van der Waals surface area contributed by atoms with Crippen LogP contribution >= 0.6 is 11.5 Å². The van der Waals surface area contributed by atoms with E-state index in [4.69, 9.17) is 16.2 Å². The summed E-state index contributed by atoms with van der Waals surface area (Å²) in [7, 11) is 0. The lowest BCUT2D eigenvalue weighted by molar-refractivity contribution is 0.0751. The first kappa shape index (κ1) is 16.5. The van der Waals surface area contributed by atoms with E-state index in [1.165, 1.54) is 11.5 Å². The van der Waals surface area contributed by atoms with Crippen LogP contribution in [0, 0.1) is 6.92 Å². The van der Waals surface area contributed by atoms with Gasteiger partial charge in [0.1, 0.15) is 5.00 Å². The number of anilines is 3. The van der Waals surface area contributed by atoms with Crippen molar-refractivity contribution in [3.8, 4) is 0 Å². The molecule has 24 heavy (non-hydrogen) atoms. The van der Waals surface area contributed by atoms with Crippen LogP contribution in [0.15, 0.2) is 6.07 Å². The van der Waals surface area contributed by atoms with Crippen molar-refractivity contribution in [3.05, 3.63) is 17.5 Å². The largest absolute Gasteiger partial charge is 0.380 e. The number of rotatable bonds is 5. The fourth-order valence-corrected chi connectivity index (χ4v) is 2.95. The molecular formula is C13H18N8O2S. The molecule has 3 rings (SSSR count). The molecule has 1 aliphatic heterocycles. The molecule has 1 fully saturated rings. The third-order valence-corrected chi connectivity index (χ3v) is 4.30. The second kappa shape index (κ2) is 7.03. The molecule has 2 aromatic rings. The normalized spacial score (nSPS) is 20.6. The van der Waals surface area contributed by atoms with E-state index >= 15 is 0 Å². The zero-order chi connectivity index (χ0) is 17.1. The molecule has 3 heterocycles. The predicted octanol–water partition coefficient (Wildman–Crippen LogP) is 0.00712. The summed E-state index contributed by atoms with van der Waals surface area (Å²) in [5.74, 6) is -0.219. The molecule has 0 radical (unpaired) electrons. The van der Waals surface area contributed by atoms with Crippen molar-refractivity contribution >= 4 is 34.2 Å². The Morgan fingerprint density at radius 3 is 2.96 bits per heavy atom. The molecule has 0 aliphatic carbocycles. The fraction of sp³-hybridized carbons (Fsp3) is 0.462. The van der Waals surface area contributed by atoms with Crippen molar-refractivity contribution in [2.24, 2.45) is 11.5 Å². The number of hydrogen-bond acceptors (Lipinski definition) is 10. The van der Waals surface area contributed by atoms with Crippen molar-refractivity contribution in [1.29, 1.82) is 0 Å². The Kier molecular flexibility index (Phi) is 4.83. The van der Waals surface area contributed by atoms with Crippen LogP contribution in [0.5, 0.6) is 0 Å². The number of nitrogens with two attached hydrogens (primary N) is 2. The van der Waals surface area contributed by atoms with Gasteiger partial charge in [-0.25, -0.2) is 0 Å². The first-order valence-corrected chi connectivity index (χ1v) is 8.15. The highest BCUT2D eigenvalue weighted by Gasteiger charge is 2.24. The summed E-state index contributed by atoms with van der Waals surface area (Å²) >= 11 is 1.25. The molecule has 11 heteroatoms. The number of primary amides is 1. The van der Waals surface area contributed by atoms with Crippen LogP contribution in [0.2, 0.25) is 0 Å². The molecule has 0 bridgehead atoms. The van der Waals surface area contributed by atoms with E-state index in [-0.39, 0.29) is 29.5 Å². The van der Waals surface area contributed by atoms with Gasteiger partial charge >= 0.3 is 0 Å². The van der Waals surface area contributed by atoms with Gasteiger partial charge in [0.2, 0.25) is 5.95 Å². The molecule has 0 aromatic carbocycles. The van der Waals surface area contributed by atoms with Gasteiger partial charge < -0.3 is 26.8 Å². The van der Waals surface area contributed by atoms with Gasteiger partial charge in [0.25, 0.3) is 5.91 Å². The van der Waals surface area contributed by atoms with Crippen LogP contribution in [0.4, 0.5) is 16.8 Å². The van der Waals surface area contributed by atoms with Crippen LogP contribution in [0.3, 0.4) is 0 Å². The highest BCUT2D eigenvalue weighted by molar-refractivity contribution is 7.10. The van der Waals surface area contributed by atoms with Gasteiger partial charge in [-0.05, 0) is 30.9 Å². The SMILES string of the molecule is Cc1cc(Nc2nc(N[C@@H]3CCOC[C@@H]3N)nnc2C(N)=O)sn1. The summed E-state index contributed by atoms with van der Waals surface area (Å²) in [6.07, 6.45) is 0.735. The number of amides is 1. The minimum atomic E-state index is -0.715. The van der Waals surface area contributed by atoms with Gasteiger partial charge in [0.05, 0.1) is 12.3 Å². The van der Waals surface area contributed by atoms with E-state index in [1.807, 2.05) is 13.0 Å². The van der Waals surface area contributed by atoms with E-state index in [0.717, 1.165) is 17.1 Å². The van der Waals surface area contributed by atoms with Crippen molar-refractivity contribution in [3.63, 3.8) is 0 Å². The molecule has 0 saturated carbocycles. The highest BCUT2D eigenvalue weighted by Crippen LogP contribution is 2.23.